The van der Waals surface area contributed by atoms with E-state index in [9.17, 15) is 10.4 Å². The molecule has 1 aromatic carbocycles. The summed E-state index contributed by atoms with van der Waals surface area (Å²) >= 11 is 0. The van der Waals surface area contributed by atoms with E-state index in [0.29, 0.717) is 11.4 Å². The van der Waals surface area contributed by atoms with Gasteiger partial charge in [-0.2, -0.15) is 0 Å². The van der Waals surface area contributed by atoms with Gasteiger partial charge in [-0.05, 0) is 0 Å². The number of quaternary nitrogens is 2. The van der Waals surface area contributed by atoms with Crippen molar-refractivity contribution in [3.8, 4) is 0 Å². The van der Waals surface area contributed by atoms with E-state index in [-0.39, 0.29) is 5.06 Å². The van der Waals surface area contributed by atoms with E-state index in [2.05, 4.69) is 0 Å². The highest BCUT2D eigenvalue weighted by Crippen LogP contribution is 2.18. The summed E-state index contributed by atoms with van der Waals surface area (Å²) in [7, 11) is 4.59. The Bertz CT molecular complexity index is 275. The molecule has 0 amide bonds. The molecule has 0 aliphatic heterocycles. The predicted octanol–water partition coefficient (Wildman–Crippen LogP) is 0.395. The number of nitrogens with zero attached hydrogens (tertiary/aromatic N) is 1. The molecule has 0 saturated carbocycles. The van der Waals surface area contributed by atoms with Gasteiger partial charge in [-0.3, -0.25) is 0 Å². The zero-order valence-corrected chi connectivity index (χ0v) is 8.07. The van der Waals surface area contributed by atoms with E-state index in [1.807, 2.05) is 0 Å². The van der Waals surface area contributed by atoms with Crippen LogP contribution in [0.15, 0.2) is 24.3 Å². The Balaban J connectivity index is 2.94. The molecule has 13 heavy (non-hydrogen) atoms. The third-order valence-corrected chi connectivity index (χ3v) is 1.90. The van der Waals surface area contributed by atoms with E-state index < -0.39 is 4.65 Å². The van der Waals surface area contributed by atoms with Crippen molar-refractivity contribution in [1.82, 2.24) is 4.65 Å². The van der Waals surface area contributed by atoms with Crippen LogP contribution in [0.2, 0.25) is 0 Å². The van der Waals surface area contributed by atoms with Gasteiger partial charge >= 0.3 is 0 Å². The van der Waals surface area contributed by atoms with Crippen molar-refractivity contribution in [1.29, 1.82) is 0 Å². The van der Waals surface area contributed by atoms with Crippen molar-refractivity contribution in [2.24, 2.45) is 0 Å². The van der Waals surface area contributed by atoms with Gasteiger partial charge in [0.2, 0.25) is 0 Å². The van der Waals surface area contributed by atoms with Crippen molar-refractivity contribution in [3.63, 3.8) is 0 Å². The summed E-state index contributed by atoms with van der Waals surface area (Å²) in [6.07, 6.45) is 0. The highest BCUT2D eigenvalue weighted by atomic mass is 16.5. The first kappa shape index (κ1) is 10.1. The molecular formula is C9H14N2O2. The molecule has 72 valence electrons. The fourth-order valence-electron chi connectivity index (χ4n) is 1.06. The number of hydrogen-bond acceptors (Lipinski definition) is 2. The Morgan fingerprint density at radius 3 is 1.92 bits per heavy atom. The van der Waals surface area contributed by atoms with Crippen LogP contribution < -0.4 is 9.71 Å². The fourth-order valence-corrected chi connectivity index (χ4v) is 1.06. The van der Waals surface area contributed by atoms with Crippen LogP contribution in [0.1, 0.15) is 0 Å². The van der Waals surface area contributed by atoms with Crippen LogP contribution in [0.25, 0.3) is 0 Å². The molecule has 0 radical (unpaired) electrons. The summed E-state index contributed by atoms with van der Waals surface area (Å²) in [6.45, 7) is 0. The normalized spacial score (nSPS) is 14.2. The predicted molar refractivity (Wildman–Crippen MR) is 53.4 cm³/mol. The smallest absolute Gasteiger partial charge is 0.132 e. The second-order valence-corrected chi connectivity index (χ2v) is 3.45. The average molecular weight is 182 g/mol. The molecule has 0 spiro atoms. The molecule has 4 heteroatoms. The number of hydroxylamine groups is 3. The molecule has 1 N–H and O–H groups in total. The lowest BCUT2D eigenvalue weighted by atomic mass is 10.2. The number of rotatable bonds is 2. The zero-order valence-electron chi connectivity index (χ0n) is 8.07. The van der Waals surface area contributed by atoms with E-state index in [1.165, 1.54) is 7.05 Å². The molecule has 0 aromatic heterocycles. The highest BCUT2D eigenvalue weighted by Gasteiger charge is 2.07. The van der Waals surface area contributed by atoms with Crippen molar-refractivity contribution in [3.05, 3.63) is 34.7 Å². The van der Waals surface area contributed by atoms with E-state index in [1.54, 1.807) is 38.4 Å². The number of hydrogen-bond donors (Lipinski definition) is 1. The Labute approximate surface area is 77.8 Å². The molecule has 1 aromatic rings. The second kappa shape index (κ2) is 3.43. The molecule has 0 bridgehead atoms. The van der Waals surface area contributed by atoms with Crippen LogP contribution in [0.5, 0.6) is 0 Å². The molecule has 1 unspecified atom stereocenters. The van der Waals surface area contributed by atoms with Gasteiger partial charge in [0, 0.05) is 24.3 Å². The third-order valence-electron chi connectivity index (χ3n) is 1.90. The molecule has 1 rings (SSSR count). The summed E-state index contributed by atoms with van der Waals surface area (Å²) in [5.41, 5.74) is 1.28. The van der Waals surface area contributed by atoms with Gasteiger partial charge in [0.05, 0.1) is 21.1 Å². The summed E-state index contributed by atoms with van der Waals surface area (Å²) < 4.78 is -0.474. The molecular weight excluding hydrogens is 168 g/mol. The van der Waals surface area contributed by atoms with Gasteiger partial charge in [-0.1, -0.05) is 0 Å². The lowest BCUT2D eigenvalue weighted by molar-refractivity contribution is -0.751. The van der Waals surface area contributed by atoms with Crippen LogP contribution in [0.4, 0.5) is 11.4 Å². The number of benzene rings is 1. The fraction of sp³-hybridized carbons (Fsp3) is 0.333. The van der Waals surface area contributed by atoms with Crippen molar-refractivity contribution >= 4 is 11.4 Å². The quantitative estimate of drug-likeness (QED) is 0.531. The van der Waals surface area contributed by atoms with Gasteiger partial charge in [0.25, 0.3) is 0 Å². The van der Waals surface area contributed by atoms with E-state index >= 15 is 0 Å². The molecule has 0 fully saturated rings. The standard InChI is InChI=1S/C9H14N2O2/c1-10(12)8-4-6-9(7-5-8)11(2,3)13/h4-7,10H,1-3H3. The lowest BCUT2D eigenvalue weighted by Crippen LogP contribution is -2.98. The summed E-state index contributed by atoms with van der Waals surface area (Å²) in [5, 5.41) is 22.4. The van der Waals surface area contributed by atoms with Gasteiger partial charge in [-0.15, -0.1) is 0 Å². The van der Waals surface area contributed by atoms with Gasteiger partial charge < -0.3 is 20.1 Å². The van der Waals surface area contributed by atoms with Gasteiger partial charge in [0.1, 0.15) is 11.4 Å². The monoisotopic (exact) mass is 182 g/mol. The highest BCUT2D eigenvalue weighted by molar-refractivity contribution is 5.47. The number of nitrogens with one attached hydrogen (secondary N) is 1. The van der Waals surface area contributed by atoms with E-state index in [0.717, 1.165) is 0 Å². The maximum Gasteiger partial charge on any atom is 0.132 e. The lowest BCUT2D eigenvalue weighted by Gasteiger charge is -2.33. The Morgan fingerprint density at radius 2 is 1.62 bits per heavy atom. The van der Waals surface area contributed by atoms with Crippen LogP contribution in [-0.2, 0) is 0 Å². The minimum Gasteiger partial charge on any atom is -0.629 e. The van der Waals surface area contributed by atoms with Gasteiger partial charge in [-0.25, -0.2) is 0 Å². The van der Waals surface area contributed by atoms with Crippen LogP contribution in [0, 0.1) is 10.4 Å². The maximum atomic E-state index is 11.4. The van der Waals surface area contributed by atoms with Crippen molar-refractivity contribution in [2.45, 2.75) is 0 Å². The molecule has 0 heterocycles. The molecule has 0 aliphatic carbocycles. The SMILES string of the molecule is C[NH+]([O-])c1ccc([N+](C)(C)[O-])cc1. The van der Waals surface area contributed by atoms with E-state index in [4.69, 9.17) is 0 Å². The third kappa shape index (κ3) is 2.50. The average Bonchev–Trinajstić information content (AvgIpc) is 2.03. The van der Waals surface area contributed by atoms with Crippen LogP contribution in [-0.4, -0.2) is 21.1 Å². The summed E-state index contributed by atoms with van der Waals surface area (Å²) in [6, 6.07) is 6.72. The topological polar surface area (TPSA) is 50.6 Å². The molecule has 0 saturated heterocycles. The zero-order chi connectivity index (χ0) is 10.1. The Kier molecular flexibility index (Phi) is 2.68. The van der Waals surface area contributed by atoms with Crippen LogP contribution in [0.3, 0.4) is 0 Å². The second-order valence-electron chi connectivity index (χ2n) is 3.45. The maximum absolute atomic E-state index is 11.4. The Hall–Kier alpha value is -0.940. The summed E-state index contributed by atoms with van der Waals surface area (Å²) in [4.78, 5) is 0. The van der Waals surface area contributed by atoms with Gasteiger partial charge in [0.15, 0.2) is 0 Å². The largest absolute Gasteiger partial charge is 0.629 e. The molecule has 1 atom stereocenters. The minimum absolute atomic E-state index is 0.0164. The first-order valence-electron chi connectivity index (χ1n) is 4.08. The molecule has 4 nitrogen and oxygen atoms in total. The summed E-state index contributed by atoms with van der Waals surface area (Å²) in [5.74, 6) is 0. The van der Waals surface area contributed by atoms with Crippen LogP contribution >= 0.6 is 0 Å². The van der Waals surface area contributed by atoms with Crippen molar-refractivity contribution < 1.29 is 5.06 Å². The Morgan fingerprint density at radius 1 is 1.15 bits per heavy atom. The minimum atomic E-state index is -0.474. The van der Waals surface area contributed by atoms with Crippen molar-refractivity contribution in [2.75, 3.05) is 21.1 Å². The first-order valence-corrected chi connectivity index (χ1v) is 4.08. The molecule has 0 aliphatic rings. The first-order chi connectivity index (χ1) is 5.91.